The van der Waals surface area contributed by atoms with Crippen LogP contribution in [0.5, 0.6) is 5.88 Å². The van der Waals surface area contributed by atoms with E-state index in [2.05, 4.69) is 20.9 Å². The first-order chi connectivity index (χ1) is 12.1. The lowest BCUT2D eigenvalue weighted by atomic mass is 10.2. The average molecular weight is 342 g/mol. The molecule has 3 N–H and O–H groups in total. The maximum atomic E-state index is 12.2. The van der Waals surface area contributed by atoms with E-state index in [0.717, 1.165) is 5.56 Å². The number of rotatable bonds is 7. The molecule has 3 amide bonds. The number of anilines is 1. The summed E-state index contributed by atoms with van der Waals surface area (Å²) in [5.41, 5.74) is 1.43. The number of benzene rings is 1. The van der Waals surface area contributed by atoms with Crippen LogP contribution in [0.25, 0.3) is 0 Å². The maximum Gasteiger partial charge on any atom is 0.319 e. The third-order valence-electron chi connectivity index (χ3n) is 3.36. The highest BCUT2D eigenvalue weighted by molar-refractivity contribution is 5.93. The van der Waals surface area contributed by atoms with Crippen LogP contribution in [-0.4, -0.2) is 29.6 Å². The van der Waals surface area contributed by atoms with E-state index in [1.165, 1.54) is 0 Å². The zero-order valence-electron chi connectivity index (χ0n) is 14.3. The van der Waals surface area contributed by atoms with Crippen molar-refractivity contribution in [2.75, 3.05) is 11.9 Å². The van der Waals surface area contributed by atoms with E-state index in [1.54, 1.807) is 31.3 Å². The largest absolute Gasteiger partial charge is 0.478 e. The molecule has 0 spiro atoms. The van der Waals surface area contributed by atoms with Crippen LogP contribution >= 0.6 is 0 Å². The molecule has 1 heterocycles. The van der Waals surface area contributed by atoms with Gasteiger partial charge in [-0.3, -0.25) is 4.79 Å². The van der Waals surface area contributed by atoms with Gasteiger partial charge < -0.3 is 20.7 Å². The SMILES string of the molecule is CCOc1ncccc1CNC(=O)C(C)NC(=O)Nc1ccccc1. The highest BCUT2D eigenvalue weighted by Gasteiger charge is 2.16. The van der Waals surface area contributed by atoms with E-state index in [4.69, 9.17) is 4.74 Å². The average Bonchev–Trinajstić information content (AvgIpc) is 2.61. The molecule has 132 valence electrons. The fourth-order valence-electron chi connectivity index (χ4n) is 2.11. The molecule has 7 nitrogen and oxygen atoms in total. The summed E-state index contributed by atoms with van der Waals surface area (Å²) >= 11 is 0. The number of pyridine rings is 1. The van der Waals surface area contributed by atoms with Crippen molar-refractivity contribution in [1.29, 1.82) is 0 Å². The van der Waals surface area contributed by atoms with Gasteiger partial charge in [0.2, 0.25) is 11.8 Å². The second-order valence-electron chi connectivity index (χ2n) is 5.30. The van der Waals surface area contributed by atoms with Crippen LogP contribution in [0.2, 0.25) is 0 Å². The van der Waals surface area contributed by atoms with Crippen molar-refractivity contribution in [2.45, 2.75) is 26.4 Å². The molecule has 2 rings (SSSR count). The molecule has 1 aromatic carbocycles. The van der Waals surface area contributed by atoms with Crippen molar-refractivity contribution >= 4 is 17.6 Å². The standard InChI is InChI=1S/C18H22N4O3/c1-3-25-17-14(8-7-11-19-17)12-20-16(23)13(2)21-18(24)22-15-9-5-4-6-10-15/h4-11,13H,3,12H2,1-2H3,(H,20,23)(H2,21,22,24). The second-order valence-corrected chi connectivity index (χ2v) is 5.30. The Morgan fingerprint density at radius 1 is 1.16 bits per heavy atom. The summed E-state index contributed by atoms with van der Waals surface area (Å²) < 4.78 is 5.42. The number of carbonyl (C=O) groups excluding carboxylic acids is 2. The number of para-hydroxylation sites is 1. The van der Waals surface area contributed by atoms with Gasteiger partial charge in [-0.25, -0.2) is 9.78 Å². The highest BCUT2D eigenvalue weighted by Crippen LogP contribution is 2.13. The van der Waals surface area contributed by atoms with Crippen LogP contribution in [0.15, 0.2) is 48.7 Å². The second kappa shape index (κ2) is 9.27. The summed E-state index contributed by atoms with van der Waals surface area (Å²) in [5, 5.41) is 8.03. The van der Waals surface area contributed by atoms with Gasteiger partial charge in [0.25, 0.3) is 0 Å². The number of hydrogen-bond donors (Lipinski definition) is 3. The normalized spacial score (nSPS) is 11.3. The molecule has 2 aromatic rings. The third kappa shape index (κ3) is 5.80. The number of ether oxygens (including phenoxy) is 1. The number of aromatic nitrogens is 1. The van der Waals surface area contributed by atoms with E-state index in [-0.39, 0.29) is 12.5 Å². The molecule has 0 bridgehead atoms. The highest BCUT2D eigenvalue weighted by atomic mass is 16.5. The molecule has 1 unspecified atom stereocenters. The van der Waals surface area contributed by atoms with Crippen molar-refractivity contribution in [2.24, 2.45) is 0 Å². The predicted octanol–water partition coefficient (Wildman–Crippen LogP) is 2.31. The van der Waals surface area contributed by atoms with Gasteiger partial charge in [-0.05, 0) is 32.0 Å². The quantitative estimate of drug-likeness (QED) is 0.720. The molecule has 1 atom stereocenters. The van der Waals surface area contributed by atoms with Crippen molar-refractivity contribution < 1.29 is 14.3 Å². The van der Waals surface area contributed by atoms with Gasteiger partial charge in [0.05, 0.1) is 6.61 Å². The zero-order chi connectivity index (χ0) is 18.1. The first kappa shape index (κ1) is 18.3. The van der Waals surface area contributed by atoms with E-state index < -0.39 is 12.1 Å². The lowest BCUT2D eigenvalue weighted by Crippen LogP contribution is -2.46. The molecule has 0 saturated carbocycles. The van der Waals surface area contributed by atoms with Crippen molar-refractivity contribution in [3.05, 3.63) is 54.2 Å². The Morgan fingerprint density at radius 3 is 2.64 bits per heavy atom. The summed E-state index contributed by atoms with van der Waals surface area (Å²) in [7, 11) is 0. The molecule has 0 aliphatic rings. The van der Waals surface area contributed by atoms with Gasteiger partial charge in [0, 0.05) is 24.0 Å². The molecule has 0 aliphatic carbocycles. The van der Waals surface area contributed by atoms with Gasteiger partial charge in [0.15, 0.2) is 0 Å². The first-order valence-electron chi connectivity index (χ1n) is 8.07. The molecule has 7 heteroatoms. The topological polar surface area (TPSA) is 92.3 Å². The van der Waals surface area contributed by atoms with Crippen LogP contribution in [0, 0.1) is 0 Å². The molecule has 0 aliphatic heterocycles. The summed E-state index contributed by atoms with van der Waals surface area (Å²) in [6, 6.07) is 11.5. The lowest BCUT2D eigenvalue weighted by molar-refractivity contribution is -0.122. The van der Waals surface area contributed by atoms with E-state index in [9.17, 15) is 9.59 Å². The van der Waals surface area contributed by atoms with E-state index in [0.29, 0.717) is 18.2 Å². The summed E-state index contributed by atoms with van der Waals surface area (Å²) in [5.74, 6) is 0.197. The van der Waals surface area contributed by atoms with Crippen LogP contribution in [0.1, 0.15) is 19.4 Å². The van der Waals surface area contributed by atoms with E-state index >= 15 is 0 Å². The number of nitrogens with one attached hydrogen (secondary N) is 3. The lowest BCUT2D eigenvalue weighted by Gasteiger charge is -2.15. The van der Waals surface area contributed by atoms with Crippen molar-refractivity contribution in [3.8, 4) is 5.88 Å². The maximum absolute atomic E-state index is 12.2. The molecular weight excluding hydrogens is 320 g/mol. The van der Waals surface area contributed by atoms with Crippen LogP contribution < -0.4 is 20.7 Å². The monoisotopic (exact) mass is 342 g/mol. The molecule has 0 radical (unpaired) electrons. The minimum absolute atomic E-state index is 0.272. The zero-order valence-corrected chi connectivity index (χ0v) is 14.3. The Labute approximate surface area is 146 Å². The summed E-state index contributed by atoms with van der Waals surface area (Å²) in [6.07, 6.45) is 1.63. The smallest absolute Gasteiger partial charge is 0.319 e. The summed E-state index contributed by atoms with van der Waals surface area (Å²) in [6.45, 7) is 4.25. The predicted molar refractivity (Wildman–Crippen MR) is 95.3 cm³/mol. The Morgan fingerprint density at radius 2 is 1.92 bits per heavy atom. The van der Waals surface area contributed by atoms with Crippen LogP contribution in [0.3, 0.4) is 0 Å². The fraction of sp³-hybridized carbons (Fsp3) is 0.278. The number of nitrogens with zero attached hydrogens (tertiary/aromatic N) is 1. The van der Waals surface area contributed by atoms with Gasteiger partial charge >= 0.3 is 6.03 Å². The van der Waals surface area contributed by atoms with Crippen molar-refractivity contribution in [3.63, 3.8) is 0 Å². The van der Waals surface area contributed by atoms with Gasteiger partial charge in [-0.15, -0.1) is 0 Å². The molecular formula is C18H22N4O3. The number of amides is 3. The molecule has 25 heavy (non-hydrogen) atoms. The Balaban J connectivity index is 1.83. The fourth-order valence-corrected chi connectivity index (χ4v) is 2.11. The molecule has 0 saturated heterocycles. The minimum atomic E-state index is -0.684. The van der Waals surface area contributed by atoms with Gasteiger partial charge in [-0.1, -0.05) is 24.3 Å². The Kier molecular flexibility index (Phi) is 6.76. The third-order valence-corrected chi connectivity index (χ3v) is 3.36. The van der Waals surface area contributed by atoms with Crippen LogP contribution in [0.4, 0.5) is 10.5 Å². The number of hydrogen-bond acceptors (Lipinski definition) is 4. The van der Waals surface area contributed by atoms with Crippen molar-refractivity contribution in [1.82, 2.24) is 15.6 Å². The molecule has 1 aromatic heterocycles. The number of urea groups is 1. The molecule has 0 fully saturated rings. The summed E-state index contributed by atoms with van der Waals surface area (Å²) in [4.78, 5) is 28.2. The number of carbonyl (C=O) groups is 2. The van der Waals surface area contributed by atoms with E-state index in [1.807, 2.05) is 31.2 Å². The minimum Gasteiger partial charge on any atom is -0.478 e. The van der Waals surface area contributed by atoms with Gasteiger partial charge in [-0.2, -0.15) is 0 Å². The Hall–Kier alpha value is -3.09. The first-order valence-corrected chi connectivity index (χ1v) is 8.07. The van der Waals surface area contributed by atoms with Crippen LogP contribution in [-0.2, 0) is 11.3 Å². The van der Waals surface area contributed by atoms with Gasteiger partial charge in [0.1, 0.15) is 6.04 Å². The Bertz CT molecular complexity index is 706.